The maximum absolute atomic E-state index is 12.1. The van der Waals surface area contributed by atoms with Gasteiger partial charge in [-0.2, -0.15) is 0 Å². The number of aryl methyl sites for hydroxylation is 1. The summed E-state index contributed by atoms with van der Waals surface area (Å²) in [6, 6.07) is 46.3. The number of imidazole rings is 1. The van der Waals surface area contributed by atoms with Crippen LogP contribution in [0.15, 0.2) is 146 Å². The molecular formula is C50H46N4O. The average Bonchev–Trinajstić information content (AvgIpc) is 3.58. The number of phenolic OH excluding ortho intramolecular Hbond substituents is 1. The molecule has 0 amide bonds. The minimum Gasteiger partial charge on any atom is -0.507 e. The molecule has 0 aliphatic rings. The lowest BCUT2D eigenvalue weighted by Gasteiger charge is -2.27. The number of aromatic nitrogens is 4. The lowest BCUT2D eigenvalue weighted by atomic mass is 9.79. The van der Waals surface area contributed by atoms with Crippen LogP contribution in [0.5, 0.6) is 5.75 Å². The van der Waals surface area contributed by atoms with E-state index in [1.54, 1.807) is 0 Å². The van der Waals surface area contributed by atoms with Crippen LogP contribution in [0.25, 0.3) is 72.9 Å². The van der Waals surface area contributed by atoms with Crippen LogP contribution in [0, 0.1) is 6.92 Å². The molecule has 0 unspecified atom stereocenters. The molecule has 8 rings (SSSR count). The van der Waals surface area contributed by atoms with Gasteiger partial charge in [-0.05, 0) is 105 Å². The van der Waals surface area contributed by atoms with Gasteiger partial charge in [0.1, 0.15) is 11.3 Å². The first-order valence-electron chi connectivity index (χ1n) is 18.9. The third kappa shape index (κ3) is 6.83. The van der Waals surface area contributed by atoms with Crippen molar-refractivity contribution in [3.05, 3.63) is 163 Å². The highest BCUT2D eigenvalue weighted by Crippen LogP contribution is 2.44. The van der Waals surface area contributed by atoms with E-state index >= 15 is 0 Å². The molecule has 0 bridgehead atoms. The van der Waals surface area contributed by atoms with Crippen molar-refractivity contribution in [1.82, 2.24) is 19.5 Å². The molecule has 1 N–H and O–H groups in total. The fraction of sp³-hybridized carbons (Fsp3) is 0.180. The molecule has 8 aromatic rings. The molecule has 0 atom stereocenters. The van der Waals surface area contributed by atoms with Gasteiger partial charge in [-0.15, -0.1) is 0 Å². The highest BCUT2D eigenvalue weighted by Gasteiger charge is 2.29. The smallest absolute Gasteiger partial charge is 0.165 e. The molecule has 0 saturated heterocycles. The van der Waals surface area contributed by atoms with Crippen molar-refractivity contribution < 1.29 is 5.11 Å². The summed E-state index contributed by atoms with van der Waals surface area (Å²) in [5.74, 6) is 0.880. The minimum absolute atomic E-state index is 0.159. The molecule has 3 aromatic heterocycles. The van der Waals surface area contributed by atoms with Crippen molar-refractivity contribution >= 4 is 11.2 Å². The Hall–Kier alpha value is -6.33. The molecule has 272 valence electrons. The zero-order valence-corrected chi connectivity index (χ0v) is 32.6. The van der Waals surface area contributed by atoms with Gasteiger partial charge >= 0.3 is 0 Å². The van der Waals surface area contributed by atoms with Gasteiger partial charge in [0.2, 0.25) is 0 Å². The maximum atomic E-state index is 12.1. The number of aromatic hydroxyl groups is 1. The lowest BCUT2D eigenvalue weighted by molar-refractivity contribution is 0.446. The molecule has 0 saturated carbocycles. The van der Waals surface area contributed by atoms with Gasteiger partial charge in [0.05, 0.1) is 11.3 Å². The average molecular weight is 719 g/mol. The number of para-hydroxylation sites is 1. The number of phenols is 1. The molecule has 5 heteroatoms. The Balaban J connectivity index is 1.41. The van der Waals surface area contributed by atoms with Crippen molar-refractivity contribution in [2.75, 3.05) is 0 Å². The van der Waals surface area contributed by atoms with Crippen molar-refractivity contribution in [1.29, 1.82) is 0 Å². The topological polar surface area (TPSA) is 63.8 Å². The Morgan fingerprint density at radius 3 is 1.82 bits per heavy atom. The normalized spacial score (nSPS) is 12.0. The number of benzene rings is 5. The van der Waals surface area contributed by atoms with Gasteiger partial charge in [0.25, 0.3) is 0 Å². The van der Waals surface area contributed by atoms with E-state index in [1.165, 1.54) is 0 Å². The summed E-state index contributed by atoms with van der Waals surface area (Å²) >= 11 is 0. The summed E-state index contributed by atoms with van der Waals surface area (Å²) in [6.45, 7) is 15.2. The molecule has 3 heterocycles. The first-order valence-corrected chi connectivity index (χ1v) is 18.9. The number of fused-ring (bicyclic) bond motifs is 1. The molecular weight excluding hydrogens is 673 g/mol. The summed E-state index contributed by atoms with van der Waals surface area (Å²) in [7, 11) is 0. The molecule has 5 aromatic carbocycles. The Bertz CT molecular complexity index is 2660. The van der Waals surface area contributed by atoms with Gasteiger partial charge in [-0.1, -0.05) is 126 Å². The van der Waals surface area contributed by atoms with Crippen LogP contribution in [-0.4, -0.2) is 24.6 Å². The summed E-state index contributed by atoms with van der Waals surface area (Å²) in [5, 5.41) is 12.1. The second kappa shape index (κ2) is 13.8. The second-order valence-corrected chi connectivity index (χ2v) is 16.5. The summed E-state index contributed by atoms with van der Waals surface area (Å²) in [5.41, 5.74) is 14.1. The predicted molar refractivity (Wildman–Crippen MR) is 228 cm³/mol. The predicted octanol–water partition coefficient (Wildman–Crippen LogP) is 12.8. The van der Waals surface area contributed by atoms with Gasteiger partial charge in [-0.25, -0.2) is 9.97 Å². The van der Waals surface area contributed by atoms with Crippen LogP contribution in [0.2, 0.25) is 0 Å². The number of hydrogen-bond donors (Lipinski definition) is 1. The largest absolute Gasteiger partial charge is 0.507 e. The van der Waals surface area contributed by atoms with Crippen molar-refractivity contribution in [2.24, 2.45) is 0 Å². The van der Waals surface area contributed by atoms with Crippen LogP contribution in [0.3, 0.4) is 0 Å². The Morgan fingerprint density at radius 2 is 1.16 bits per heavy atom. The SMILES string of the molecule is Cc1cnc(-c2cc(-c3ccccc3)cc(-c3ccnc4c3nc(-c3cc(C(C)(C)C)cc(C(C)(C)C)c3O)n4-c3ccccc3)c2)cc1-c1ccccc1. The lowest BCUT2D eigenvalue weighted by Crippen LogP contribution is -2.17. The fourth-order valence-corrected chi connectivity index (χ4v) is 7.36. The van der Waals surface area contributed by atoms with E-state index in [4.69, 9.17) is 15.0 Å². The van der Waals surface area contributed by atoms with Crippen LogP contribution in [0.1, 0.15) is 58.2 Å². The van der Waals surface area contributed by atoms with Gasteiger partial charge in [0.15, 0.2) is 11.5 Å². The molecule has 0 radical (unpaired) electrons. The van der Waals surface area contributed by atoms with E-state index in [1.807, 2.05) is 48.8 Å². The summed E-state index contributed by atoms with van der Waals surface area (Å²) in [4.78, 5) is 15.4. The van der Waals surface area contributed by atoms with Crippen molar-refractivity contribution in [2.45, 2.75) is 59.3 Å². The zero-order valence-electron chi connectivity index (χ0n) is 32.6. The van der Waals surface area contributed by atoms with E-state index < -0.39 is 0 Å². The Morgan fingerprint density at radius 1 is 0.545 bits per heavy atom. The standard InChI is InChI=1S/C50H46N4O/c1-32-31-52-44(30-41(32)34-19-13-9-14-20-34)37-26-35(33-17-11-8-12-18-33)25-36(27-37)40-23-24-51-48-45(40)53-47(54(48)39-21-15-10-16-22-39)42-28-38(49(2,3)4)29-43(46(42)55)50(5,6)7/h8-31,55H,1-7H3. The fourth-order valence-electron chi connectivity index (χ4n) is 7.36. The second-order valence-electron chi connectivity index (χ2n) is 16.5. The Labute approximate surface area is 324 Å². The first kappa shape index (κ1) is 35.7. The van der Waals surface area contributed by atoms with Crippen LogP contribution < -0.4 is 0 Å². The van der Waals surface area contributed by atoms with E-state index in [0.717, 1.165) is 72.5 Å². The monoisotopic (exact) mass is 718 g/mol. The minimum atomic E-state index is -0.300. The van der Waals surface area contributed by atoms with Crippen LogP contribution >= 0.6 is 0 Å². The van der Waals surface area contributed by atoms with E-state index in [-0.39, 0.29) is 16.6 Å². The highest BCUT2D eigenvalue weighted by atomic mass is 16.3. The highest BCUT2D eigenvalue weighted by molar-refractivity contribution is 5.96. The Kier molecular flexibility index (Phi) is 8.97. The number of rotatable bonds is 6. The van der Waals surface area contributed by atoms with E-state index in [0.29, 0.717) is 17.0 Å². The van der Waals surface area contributed by atoms with Crippen LogP contribution in [0.4, 0.5) is 0 Å². The third-order valence-electron chi connectivity index (χ3n) is 10.4. The van der Waals surface area contributed by atoms with Gasteiger partial charge in [-0.3, -0.25) is 9.55 Å². The number of hydrogen-bond acceptors (Lipinski definition) is 4. The molecule has 0 fully saturated rings. The zero-order chi connectivity index (χ0) is 38.5. The molecule has 0 aliphatic heterocycles. The first-order chi connectivity index (χ1) is 26.4. The summed E-state index contributed by atoms with van der Waals surface area (Å²) < 4.78 is 2.09. The van der Waals surface area contributed by atoms with E-state index in [2.05, 4.69) is 150 Å². The molecule has 0 spiro atoms. The molecule has 55 heavy (non-hydrogen) atoms. The van der Waals surface area contributed by atoms with E-state index in [9.17, 15) is 5.11 Å². The van der Waals surface area contributed by atoms with Crippen LogP contribution in [-0.2, 0) is 10.8 Å². The van der Waals surface area contributed by atoms with Gasteiger partial charge in [0, 0.05) is 34.8 Å². The quantitative estimate of drug-likeness (QED) is 0.186. The van der Waals surface area contributed by atoms with Crippen molar-refractivity contribution in [3.63, 3.8) is 0 Å². The third-order valence-corrected chi connectivity index (χ3v) is 10.4. The number of pyridine rings is 2. The summed E-state index contributed by atoms with van der Waals surface area (Å²) in [6.07, 6.45) is 3.83. The number of nitrogens with zero attached hydrogens (tertiary/aromatic N) is 4. The van der Waals surface area contributed by atoms with Gasteiger partial charge < -0.3 is 5.11 Å². The van der Waals surface area contributed by atoms with Crippen molar-refractivity contribution in [3.8, 4) is 67.5 Å². The molecule has 0 aliphatic carbocycles. The molecule has 5 nitrogen and oxygen atoms in total. The maximum Gasteiger partial charge on any atom is 0.165 e.